The maximum Gasteiger partial charge on any atom is 0.273 e. The molecule has 19 heavy (non-hydrogen) atoms. The highest BCUT2D eigenvalue weighted by molar-refractivity contribution is 7.10. The molecule has 0 aliphatic rings. The van der Waals surface area contributed by atoms with Gasteiger partial charge in [-0.25, -0.2) is 4.98 Å². The predicted molar refractivity (Wildman–Crippen MR) is 82.2 cm³/mol. The number of aromatic nitrogens is 1. The Hall–Kier alpha value is -0.950. The van der Waals surface area contributed by atoms with E-state index < -0.39 is 0 Å². The number of hydrogen-bond acceptors (Lipinski definition) is 5. The molecule has 2 aromatic rings. The van der Waals surface area contributed by atoms with Crippen molar-refractivity contribution in [3.05, 3.63) is 38.5 Å². The molecule has 2 N–H and O–H groups in total. The summed E-state index contributed by atoms with van der Waals surface area (Å²) in [5, 5.41) is 4.61. The van der Waals surface area contributed by atoms with Crippen LogP contribution < -0.4 is 5.73 Å². The Morgan fingerprint density at radius 2 is 2.26 bits per heavy atom. The average Bonchev–Trinajstić information content (AvgIpc) is 3.05. The van der Waals surface area contributed by atoms with Crippen LogP contribution in [0, 0.1) is 0 Å². The van der Waals surface area contributed by atoms with Gasteiger partial charge < -0.3 is 10.6 Å². The molecule has 0 aromatic carbocycles. The Morgan fingerprint density at radius 1 is 1.47 bits per heavy atom. The lowest BCUT2D eigenvalue weighted by atomic mass is 10.3. The highest BCUT2D eigenvalue weighted by Crippen LogP contribution is 2.12. The third-order valence-corrected chi connectivity index (χ3v) is 4.37. The number of nitrogens with zero attached hydrogens (tertiary/aromatic N) is 2. The molecule has 2 aromatic heterocycles. The third-order valence-electron chi connectivity index (χ3n) is 2.57. The first-order chi connectivity index (χ1) is 8.70. The zero-order valence-electron chi connectivity index (χ0n) is 10.5. The molecule has 0 aliphatic heterocycles. The molecule has 0 fully saturated rings. The lowest BCUT2D eigenvalue weighted by molar-refractivity contribution is 0.0791. The Balaban J connectivity index is 0.00000180. The third kappa shape index (κ3) is 4.28. The van der Waals surface area contributed by atoms with Gasteiger partial charge in [-0.05, 0) is 17.9 Å². The second kappa shape index (κ2) is 7.59. The first-order valence-electron chi connectivity index (χ1n) is 5.63. The van der Waals surface area contributed by atoms with Crippen LogP contribution in [-0.2, 0) is 13.0 Å². The summed E-state index contributed by atoms with van der Waals surface area (Å²) in [6.45, 7) is 1.09. The molecule has 0 bridgehead atoms. The van der Waals surface area contributed by atoms with Crippen molar-refractivity contribution in [3.8, 4) is 0 Å². The molecular weight excluding hydrogens is 302 g/mol. The summed E-state index contributed by atoms with van der Waals surface area (Å²) in [4.78, 5) is 19.3. The molecule has 0 unspecified atom stereocenters. The molecular formula is C12H16ClN3OS2. The van der Waals surface area contributed by atoms with Crippen LogP contribution in [0.2, 0.25) is 0 Å². The number of carbonyl (C=O) groups excluding carboxylic acids is 1. The summed E-state index contributed by atoms with van der Waals surface area (Å²) in [7, 11) is 1.80. The van der Waals surface area contributed by atoms with Crippen LogP contribution in [0.15, 0.2) is 22.9 Å². The molecule has 0 atom stereocenters. The number of halogens is 1. The molecule has 0 aliphatic carbocycles. The van der Waals surface area contributed by atoms with Crippen molar-refractivity contribution in [2.75, 3.05) is 13.6 Å². The Morgan fingerprint density at radius 3 is 2.84 bits per heavy atom. The lowest BCUT2D eigenvalue weighted by Crippen LogP contribution is -2.29. The van der Waals surface area contributed by atoms with Crippen molar-refractivity contribution in [2.24, 2.45) is 5.73 Å². The standard InChI is InChI=1S/C12H15N3OS2.ClH/c1-15(5-4-9-3-2-6-17-9)12(16)10-8-18-11(7-13)14-10;/h2-3,6,8H,4-5,7,13H2,1H3;1H. The smallest absolute Gasteiger partial charge is 0.273 e. The Kier molecular flexibility index (Phi) is 6.44. The van der Waals surface area contributed by atoms with Crippen LogP contribution in [0.1, 0.15) is 20.4 Å². The van der Waals surface area contributed by atoms with E-state index in [0.717, 1.165) is 11.4 Å². The lowest BCUT2D eigenvalue weighted by Gasteiger charge is -2.15. The van der Waals surface area contributed by atoms with Gasteiger partial charge in [-0.2, -0.15) is 0 Å². The quantitative estimate of drug-likeness (QED) is 0.921. The van der Waals surface area contributed by atoms with Gasteiger partial charge in [0.15, 0.2) is 0 Å². The van der Waals surface area contributed by atoms with Crippen molar-refractivity contribution >= 4 is 41.0 Å². The van der Waals surface area contributed by atoms with Gasteiger partial charge in [0, 0.05) is 30.4 Å². The maximum absolute atomic E-state index is 12.1. The zero-order valence-corrected chi connectivity index (χ0v) is 13.0. The molecule has 7 heteroatoms. The molecule has 0 radical (unpaired) electrons. The van der Waals surface area contributed by atoms with Gasteiger partial charge >= 0.3 is 0 Å². The number of nitrogens with two attached hydrogens (primary N) is 1. The number of thiazole rings is 1. The van der Waals surface area contributed by atoms with Crippen molar-refractivity contribution < 1.29 is 4.79 Å². The SMILES string of the molecule is CN(CCc1cccs1)C(=O)c1csc(CN)n1.Cl. The summed E-state index contributed by atoms with van der Waals surface area (Å²) < 4.78 is 0. The van der Waals surface area contributed by atoms with Crippen LogP contribution in [0.4, 0.5) is 0 Å². The largest absolute Gasteiger partial charge is 0.340 e. The van der Waals surface area contributed by atoms with E-state index in [4.69, 9.17) is 5.73 Å². The Bertz CT molecular complexity index is 513. The molecule has 2 heterocycles. The number of hydrogen-bond donors (Lipinski definition) is 1. The molecule has 104 valence electrons. The van der Waals surface area contributed by atoms with Gasteiger partial charge in [0.1, 0.15) is 10.7 Å². The summed E-state index contributed by atoms with van der Waals surface area (Å²) in [6.07, 6.45) is 0.883. The van der Waals surface area contributed by atoms with Crippen LogP contribution in [0.25, 0.3) is 0 Å². The van der Waals surface area contributed by atoms with Crippen molar-refractivity contribution in [2.45, 2.75) is 13.0 Å². The van der Waals surface area contributed by atoms with E-state index in [1.54, 1.807) is 28.7 Å². The van der Waals surface area contributed by atoms with Crippen molar-refractivity contribution in [3.63, 3.8) is 0 Å². The summed E-state index contributed by atoms with van der Waals surface area (Å²) >= 11 is 3.14. The summed E-state index contributed by atoms with van der Waals surface area (Å²) in [5.41, 5.74) is 5.98. The second-order valence-corrected chi connectivity index (χ2v) is 5.86. The van der Waals surface area contributed by atoms with Crippen LogP contribution in [0.3, 0.4) is 0 Å². The topological polar surface area (TPSA) is 59.2 Å². The summed E-state index contributed by atoms with van der Waals surface area (Å²) in [6, 6.07) is 4.11. The number of thiophene rings is 1. The molecule has 0 spiro atoms. The van der Waals surface area contributed by atoms with Gasteiger partial charge in [0.25, 0.3) is 5.91 Å². The number of amides is 1. The molecule has 4 nitrogen and oxygen atoms in total. The average molecular weight is 318 g/mol. The van der Waals surface area contributed by atoms with Crippen LogP contribution >= 0.6 is 35.1 Å². The maximum atomic E-state index is 12.1. The number of carbonyl (C=O) groups is 1. The minimum absolute atomic E-state index is 0. The first-order valence-corrected chi connectivity index (χ1v) is 7.39. The first kappa shape index (κ1) is 16.1. The van der Waals surface area contributed by atoms with E-state index in [9.17, 15) is 4.79 Å². The summed E-state index contributed by atoms with van der Waals surface area (Å²) in [5.74, 6) is -0.0393. The number of likely N-dealkylation sites (N-methyl/N-ethyl adjacent to an activating group) is 1. The van der Waals surface area contributed by atoms with Crippen molar-refractivity contribution in [1.82, 2.24) is 9.88 Å². The fraction of sp³-hybridized carbons (Fsp3) is 0.333. The van der Waals surface area contributed by atoms with Crippen LogP contribution in [0.5, 0.6) is 0 Å². The van der Waals surface area contributed by atoms with Crippen molar-refractivity contribution in [1.29, 1.82) is 0 Å². The minimum Gasteiger partial charge on any atom is -0.340 e. The fourth-order valence-corrected chi connectivity index (χ4v) is 2.88. The highest BCUT2D eigenvalue weighted by atomic mass is 35.5. The zero-order chi connectivity index (χ0) is 13.0. The monoisotopic (exact) mass is 317 g/mol. The molecule has 2 rings (SSSR count). The van der Waals surface area contributed by atoms with E-state index >= 15 is 0 Å². The molecule has 0 saturated heterocycles. The minimum atomic E-state index is -0.0393. The second-order valence-electron chi connectivity index (χ2n) is 3.89. The fourth-order valence-electron chi connectivity index (χ4n) is 1.53. The Labute approximate surface area is 126 Å². The van der Waals surface area contributed by atoms with Gasteiger partial charge in [0.2, 0.25) is 0 Å². The molecule has 1 amide bonds. The molecule has 0 saturated carbocycles. The van der Waals surface area contributed by atoms with Crippen LogP contribution in [-0.4, -0.2) is 29.4 Å². The van der Waals surface area contributed by atoms with Gasteiger partial charge in [-0.15, -0.1) is 35.1 Å². The van der Waals surface area contributed by atoms with E-state index in [2.05, 4.69) is 11.1 Å². The van der Waals surface area contributed by atoms with E-state index in [1.807, 2.05) is 11.4 Å². The van der Waals surface area contributed by atoms with E-state index in [1.165, 1.54) is 16.2 Å². The highest BCUT2D eigenvalue weighted by Gasteiger charge is 2.14. The van der Waals surface area contributed by atoms with Gasteiger partial charge in [-0.1, -0.05) is 6.07 Å². The number of rotatable bonds is 5. The van der Waals surface area contributed by atoms with Gasteiger partial charge in [-0.3, -0.25) is 4.79 Å². The van der Waals surface area contributed by atoms with E-state index in [-0.39, 0.29) is 18.3 Å². The normalized spacial score (nSPS) is 10.0. The van der Waals surface area contributed by atoms with Gasteiger partial charge in [0.05, 0.1) is 0 Å². The van der Waals surface area contributed by atoms with E-state index in [0.29, 0.717) is 18.8 Å². The predicted octanol–water partition coefficient (Wildman–Crippen LogP) is 2.40.